The Bertz CT molecular complexity index is 435. The maximum atomic E-state index is 13.7. The van der Waals surface area contributed by atoms with Crippen LogP contribution >= 0.6 is 0 Å². The Kier molecular flexibility index (Phi) is 5.07. The number of carboxylic acids is 1. The maximum absolute atomic E-state index is 13.7. The molecular weight excluding hydrogens is 240 g/mol. The molecule has 1 N–H and O–H groups in total. The number of rotatable bonds is 6. The van der Waals surface area contributed by atoms with E-state index in [0.717, 1.165) is 25.3 Å². The van der Waals surface area contributed by atoms with Crippen LogP contribution in [-0.4, -0.2) is 24.7 Å². The molecule has 1 aromatic rings. The molecule has 18 heavy (non-hydrogen) atoms. The van der Waals surface area contributed by atoms with Crippen molar-refractivity contribution >= 4 is 11.7 Å². The van der Waals surface area contributed by atoms with Crippen LogP contribution < -0.4 is 4.90 Å². The lowest BCUT2D eigenvalue weighted by Crippen LogP contribution is -2.20. The summed E-state index contributed by atoms with van der Waals surface area (Å²) in [5.41, 5.74) is -0.549. The van der Waals surface area contributed by atoms with E-state index >= 15 is 0 Å². The number of benzene rings is 1. The number of halogens is 2. The van der Waals surface area contributed by atoms with Gasteiger partial charge in [-0.05, 0) is 18.6 Å². The van der Waals surface area contributed by atoms with Gasteiger partial charge in [-0.25, -0.2) is 13.6 Å². The number of nitrogens with zero attached hydrogens (tertiary/aromatic N) is 1. The van der Waals surface area contributed by atoms with Gasteiger partial charge in [-0.15, -0.1) is 0 Å². The molecule has 0 aromatic heterocycles. The van der Waals surface area contributed by atoms with Gasteiger partial charge in [-0.3, -0.25) is 0 Å². The van der Waals surface area contributed by atoms with Crippen LogP contribution in [0.25, 0.3) is 0 Å². The average Bonchev–Trinajstić information content (AvgIpc) is 2.32. The van der Waals surface area contributed by atoms with Gasteiger partial charge in [0.05, 0.1) is 11.3 Å². The maximum Gasteiger partial charge on any atom is 0.338 e. The highest BCUT2D eigenvalue weighted by Gasteiger charge is 2.19. The fourth-order valence-corrected chi connectivity index (χ4v) is 1.72. The van der Waals surface area contributed by atoms with Crippen LogP contribution in [0, 0.1) is 11.6 Å². The van der Waals surface area contributed by atoms with E-state index in [1.807, 2.05) is 0 Å². The molecule has 3 nitrogen and oxygen atoms in total. The number of hydrogen-bond acceptors (Lipinski definition) is 2. The topological polar surface area (TPSA) is 40.5 Å². The Morgan fingerprint density at radius 2 is 1.94 bits per heavy atom. The van der Waals surface area contributed by atoms with E-state index in [2.05, 4.69) is 6.92 Å². The molecule has 0 aliphatic carbocycles. The summed E-state index contributed by atoms with van der Waals surface area (Å²) in [5.74, 6) is -3.87. The number of unbranched alkanes of at least 4 members (excludes halogenated alkanes) is 2. The first-order chi connectivity index (χ1) is 8.49. The van der Waals surface area contributed by atoms with Crippen LogP contribution in [0.1, 0.15) is 36.5 Å². The van der Waals surface area contributed by atoms with Crippen LogP contribution in [-0.2, 0) is 0 Å². The number of aromatic carboxylic acids is 1. The van der Waals surface area contributed by atoms with Gasteiger partial charge in [-0.2, -0.15) is 0 Å². The van der Waals surface area contributed by atoms with Crippen molar-refractivity contribution in [1.29, 1.82) is 0 Å². The molecule has 0 amide bonds. The molecule has 1 aromatic carbocycles. The molecule has 5 heteroatoms. The lowest BCUT2D eigenvalue weighted by molar-refractivity contribution is 0.0690. The average molecular weight is 257 g/mol. The SMILES string of the molecule is CCCCCN(C)c1ccc(C(=O)O)c(F)c1F. The van der Waals surface area contributed by atoms with Gasteiger partial charge in [0, 0.05) is 13.6 Å². The Morgan fingerprint density at radius 1 is 1.28 bits per heavy atom. The van der Waals surface area contributed by atoms with E-state index in [9.17, 15) is 13.6 Å². The molecule has 0 aliphatic rings. The molecule has 0 bridgehead atoms. The van der Waals surface area contributed by atoms with E-state index in [4.69, 9.17) is 5.11 Å². The first-order valence-electron chi connectivity index (χ1n) is 5.91. The van der Waals surface area contributed by atoms with Gasteiger partial charge in [-0.1, -0.05) is 19.8 Å². The van der Waals surface area contributed by atoms with Gasteiger partial charge < -0.3 is 10.0 Å². The summed E-state index contributed by atoms with van der Waals surface area (Å²) in [5, 5.41) is 8.67. The third-order valence-corrected chi connectivity index (χ3v) is 2.80. The van der Waals surface area contributed by atoms with Crippen molar-refractivity contribution in [2.75, 3.05) is 18.5 Å². The summed E-state index contributed by atoms with van der Waals surface area (Å²) in [6.07, 6.45) is 2.94. The molecule has 0 heterocycles. The summed E-state index contributed by atoms with van der Waals surface area (Å²) < 4.78 is 27.2. The summed E-state index contributed by atoms with van der Waals surface area (Å²) in [6, 6.07) is 2.39. The molecule has 0 radical (unpaired) electrons. The van der Waals surface area contributed by atoms with Gasteiger partial charge >= 0.3 is 5.97 Å². The number of hydrogen-bond donors (Lipinski definition) is 1. The van der Waals surface area contributed by atoms with Crippen molar-refractivity contribution in [1.82, 2.24) is 0 Å². The second-order valence-corrected chi connectivity index (χ2v) is 4.19. The predicted molar refractivity (Wildman–Crippen MR) is 66.1 cm³/mol. The lowest BCUT2D eigenvalue weighted by atomic mass is 10.1. The normalized spacial score (nSPS) is 10.4. The monoisotopic (exact) mass is 257 g/mol. The van der Waals surface area contributed by atoms with Crippen molar-refractivity contribution in [2.24, 2.45) is 0 Å². The molecule has 0 atom stereocenters. The van der Waals surface area contributed by atoms with E-state index in [-0.39, 0.29) is 5.69 Å². The van der Waals surface area contributed by atoms with Crippen molar-refractivity contribution in [3.63, 3.8) is 0 Å². The molecule has 0 unspecified atom stereocenters. The molecule has 1 rings (SSSR count). The van der Waals surface area contributed by atoms with Gasteiger partial charge in [0.15, 0.2) is 11.6 Å². The fraction of sp³-hybridized carbons (Fsp3) is 0.462. The molecule has 0 spiro atoms. The summed E-state index contributed by atoms with van der Waals surface area (Å²) in [4.78, 5) is 12.2. The molecular formula is C13H17F2NO2. The van der Waals surface area contributed by atoms with Crippen molar-refractivity contribution in [3.05, 3.63) is 29.3 Å². The van der Waals surface area contributed by atoms with E-state index in [1.165, 1.54) is 6.07 Å². The first-order valence-corrected chi connectivity index (χ1v) is 5.91. The minimum Gasteiger partial charge on any atom is -0.478 e. The quantitative estimate of drug-likeness (QED) is 0.795. The molecule has 0 saturated carbocycles. The fourth-order valence-electron chi connectivity index (χ4n) is 1.72. The van der Waals surface area contributed by atoms with Crippen LogP contribution in [0.3, 0.4) is 0 Å². The van der Waals surface area contributed by atoms with Gasteiger partial charge in [0.25, 0.3) is 0 Å². The standard InChI is InChI=1S/C13H17F2NO2/c1-3-4-5-8-16(2)10-7-6-9(13(17)18)11(14)12(10)15/h6-7H,3-5,8H2,1-2H3,(H,17,18). The van der Waals surface area contributed by atoms with Crippen molar-refractivity contribution in [2.45, 2.75) is 26.2 Å². The number of carboxylic acid groups (broad SMARTS) is 1. The highest BCUT2D eigenvalue weighted by Crippen LogP contribution is 2.23. The van der Waals surface area contributed by atoms with Gasteiger partial charge in [0.2, 0.25) is 0 Å². The zero-order valence-corrected chi connectivity index (χ0v) is 10.5. The Balaban J connectivity index is 2.90. The van der Waals surface area contributed by atoms with Crippen molar-refractivity contribution in [3.8, 4) is 0 Å². The number of anilines is 1. The second-order valence-electron chi connectivity index (χ2n) is 4.19. The Labute approximate surface area is 105 Å². The highest BCUT2D eigenvalue weighted by molar-refractivity contribution is 5.88. The minimum absolute atomic E-state index is 0.0913. The summed E-state index contributed by atoms with van der Waals surface area (Å²) in [6.45, 7) is 2.67. The Hall–Kier alpha value is -1.65. The molecule has 100 valence electrons. The minimum atomic E-state index is -1.47. The Morgan fingerprint density at radius 3 is 2.50 bits per heavy atom. The predicted octanol–water partition coefficient (Wildman–Crippen LogP) is 3.29. The van der Waals surface area contributed by atoms with Crippen LogP contribution in [0.15, 0.2) is 12.1 Å². The largest absolute Gasteiger partial charge is 0.478 e. The molecule has 0 aliphatic heterocycles. The van der Waals surface area contributed by atoms with E-state index in [1.54, 1.807) is 11.9 Å². The lowest BCUT2D eigenvalue weighted by Gasteiger charge is -2.20. The third kappa shape index (κ3) is 3.18. The van der Waals surface area contributed by atoms with Crippen LogP contribution in [0.5, 0.6) is 0 Å². The van der Waals surface area contributed by atoms with E-state index < -0.39 is 23.2 Å². The summed E-state index contributed by atoms with van der Waals surface area (Å²) in [7, 11) is 1.66. The van der Waals surface area contributed by atoms with E-state index in [0.29, 0.717) is 6.54 Å². The molecule has 0 saturated heterocycles. The highest BCUT2D eigenvalue weighted by atomic mass is 19.2. The second kappa shape index (κ2) is 6.33. The van der Waals surface area contributed by atoms with Crippen molar-refractivity contribution < 1.29 is 18.7 Å². The third-order valence-electron chi connectivity index (χ3n) is 2.80. The molecule has 0 fully saturated rings. The summed E-state index contributed by atoms with van der Waals surface area (Å²) >= 11 is 0. The zero-order chi connectivity index (χ0) is 13.7. The van der Waals surface area contributed by atoms with Crippen LogP contribution in [0.2, 0.25) is 0 Å². The first kappa shape index (κ1) is 14.4. The smallest absolute Gasteiger partial charge is 0.338 e. The zero-order valence-electron chi connectivity index (χ0n) is 10.5. The van der Waals surface area contributed by atoms with Gasteiger partial charge in [0.1, 0.15) is 0 Å². The number of carbonyl (C=O) groups is 1. The van der Waals surface area contributed by atoms with Crippen LogP contribution in [0.4, 0.5) is 14.5 Å².